The van der Waals surface area contributed by atoms with Crippen molar-refractivity contribution in [1.82, 2.24) is 0 Å². The maximum atomic E-state index is 11.8. The van der Waals surface area contributed by atoms with Gasteiger partial charge in [-0.25, -0.2) is 0 Å². The molecule has 0 radical (unpaired) electrons. The number of hydrogen-bond donors (Lipinski definition) is 1. The molecule has 6 heteroatoms. The Bertz CT molecular complexity index is 485. The van der Waals surface area contributed by atoms with Crippen molar-refractivity contribution in [2.45, 2.75) is 32.6 Å². The minimum Gasteiger partial charge on any atom is -0.466 e. The Morgan fingerprint density at radius 3 is 2.09 bits per heavy atom. The van der Waals surface area contributed by atoms with Crippen LogP contribution >= 0.6 is 15.9 Å². The predicted octanol–water partition coefficient (Wildman–Crippen LogP) is 2.90. The summed E-state index contributed by atoms with van der Waals surface area (Å²) in [6.45, 7) is 2.03. The fourth-order valence-electron chi connectivity index (χ4n) is 1.63. The van der Waals surface area contributed by atoms with E-state index in [0.717, 1.165) is 4.47 Å². The Morgan fingerprint density at radius 2 is 1.55 bits per heavy atom. The average molecular weight is 372 g/mol. The first-order valence-corrected chi connectivity index (χ1v) is 7.86. The van der Waals surface area contributed by atoms with Crippen LogP contribution in [0.5, 0.6) is 0 Å². The van der Waals surface area contributed by atoms with E-state index in [1.807, 2.05) is 0 Å². The first kappa shape index (κ1) is 20.5. The van der Waals surface area contributed by atoms with Crippen molar-refractivity contribution >= 4 is 33.5 Å². The Kier molecular flexibility index (Phi) is 11.2. The zero-order valence-electron chi connectivity index (χ0n) is 12.9. The summed E-state index contributed by atoms with van der Waals surface area (Å²) in [5.41, 5.74) is 5.09. The number of halogens is 1. The highest BCUT2D eigenvalue weighted by Crippen LogP contribution is 2.13. The number of carbonyl (C=O) groups is 3. The molecule has 1 aromatic carbocycles. The molecule has 0 spiro atoms. The number of Topliss-reactive ketones (excluding diaryl/α,β-unsaturated/α-hetero) is 2. The van der Waals surface area contributed by atoms with Crippen LogP contribution in [0, 0.1) is 0 Å². The average Bonchev–Trinajstić information content (AvgIpc) is 2.53. The van der Waals surface area contributed by atoms with Crippen LogP contribution in [0.15, 0.2) is 28.7 Å². The van der Waals surface area contributed by atoms with Crippen LogP contribution in [0.3, 0.4) is 0 Å². The minimum atomic E-state index is -0.375. The lowest BCUT2D eigenvalue weighted by Crippen LogP contribution is -2.09. The van der Waals surface area contributed by atoms with Crippen LogP contribution in [-0.4, -0.2) is 31.2 Å². The molecule has 0 aliphatic rings. The van der Waals surface area contributed by atoms with Crippen molar-refractivity contribution in [2.24, 2.45) is 5.73 Å². The molecule has 122 valence electrons. The summed E-state index contributed by atoms with van der Waals surface area (Å²) in [5, 5.41) is 0. The summed E-state index contributed by atoms with van der Waals surface area (Å²) < 4.78 is 5.64. The summed E-state index contributed by atoms with van der Waals surface area (Å²) in [5.74, 6) is -0.536. The van der Waals surface area contributed by atoms with E-state index in [1.165, 1.54) is 7.05 Å². The molecule has 0 fully saturated rings. The van der Waals surface area contributed by atoms with Gasteiger partial charge in [-0.1, -0.05) is 28.1 Å². The molecule has 1 rings (SSSR count). The molecule has 2 N–H and O–H groups in total. The summed E-state index contributed by atoms with van der Waals surface area (Å²) in [6, 6.07) is 7.01. The number of ether oxygens (including phenoxy) is 1. The monoisotopic (exact) mass is 371 g/mol. The lowest BCUT2D eigenvalue weighted by atomic mass is 10.0. The lowest BCUT2D eigenvalue weighted by molar-refractivity contribution is -0.144. The van der Waals surface area contributed by atoms with Crippen LogP contribution < -0.4 is 5.73 Å². The zero-order valence-corrected chi connectivity index (χ0v) is 14.5. The van der Waals surface area contributed by atoms with Gasteiger partial charge in [0.25, 0.3) is 0 Å². The van der Waals surface area contributed by atoms with Crippen LogP contribution in [0.4, 0.5) is 0 Å². The molecule has 0 bridgehead atoms. The second-order valence-electron chi connectivity index (χ2n) is 4.27. The van der Waals surface area contributed by atoms with Crippen molar-refractivity contribution in [1.29, 1.82) is 0 Å². The van der Waals surface area contributed by atoms with E-state index >= 15 is 0 Å². The lowest BCUT2D eigenvalue weighted by Gasteiger charge is -2.02. The molecule has 0 heterocycles. The smallest absolute Gasteiger partial charge is 0.306 e. The maximum absolute atomic E-state index is 11.8. The first-order chi connectivity index (χ1) is 10.5. The van der Waals surface area contributed by atoms with Gasteiger partial charge in [0.15, 0.2) is 5.78 Å². The van der Waals surface area contributed by atoms with Crippen molar-refractivity contribution in [3.63, 3.8) is 0 Å². The second kappa shape index (κ2) is 12.1. The van der Waals surface area contributed by atoms with Gasteiger partial charge in [0, 0.05) is 29.3 Å². The molecule has 5 nitrogen and oxygen atoms in total. The van der Waals surface area contributed by atoms with E-state index in [0.29, 0.717) is 12.2 Å². The molecule has 0 saturated carbocycles. The number of carbonyl (C=O) groups excluding carboxylic acids is 3. The molecule has 1 aromatic rings. The summed E-state index contributed by atoms with van der Waals surface area (Å²) in [6.07, 6.45) is 0.545. The number of rotatable bonds is 8. The molecule has 0 unspecified atom stereocenters. The van der Waals surface area contributed by atoms with Gasteiger partial charge in [-0.2, -0.15) is 0 Å². The van der Waals surface area contributed by atoms with Crippen LogP contribution in [0.2, 0.25) is 0 Å². The Labute approximate surface area is 139 Å². The third kappa shape index (κ3) is 8.69. The minimum absolute atomic E-state index is 0.0676. The van der Waals surface area contributed by atoms with Gasteiger partial charge in [-0.05, 0) is 26.1 Å². The van der Waals surface area contributed by atoms with E-state index in [4.69, 9.17) is 4.74 Å². The van der Waals surface area contributed by atoms with E-state index in [-0.39, 0.29) is 43.2 Å². The number of hydrogen-bond acceptors (Lipinski definition) is 5. The Balaban J connectivity index is 0.00000211. The Morgan fingerprint density at radius 1 is 1.00 bits per heavy atom. The third-order valence-corrected chi connectivity index (χ3v) is 3.24. The van der Waals surface area contributed by atoms with E-state index in [1.54, 1.807) is 31.2 Å². The maximum Gasteiger partial charge on any atom is 0.306 e. The molecule has 0 saturated heterocycles. The van der Waals surface area contributed by atoms with Crippen LogP contribution in [0.1, 0.15) is 43.0 Å². The zero-order chi connectivity index (χ0) is 17.0. The third-order valence-electron chi connectivity index (χ3n) is 2.71. The fraction of sp³-hybridized carbons (Fsp3) is 0.438. The highest BCUT2D eigenvalue weighted by atomic mass is 79.9. The van der Waals surface area contributed by atoms with Gasteiger partial charge in [0.1, 0.15) is 5.78 Å². The Hall–Kier alpha value is -1.53. The van der Waals surface area contributed by atoms with Gasteiger partial charge in [-0.15, -0.1) is 0 Å². The van der Waals surface area contributed by atoms with E-state index in [9.17, 15) is 14.4 Å². The molecule has 0 aromatic heterocycles. The van der Waals surface area contributed by atoms with Crippen LogP contribution in [-0.2, 0) is 14.3 Å². The molecule has 22 heavy (non-hydrogen) atoms. The second-order valence-corrected chi connectivity index (χ2v) is 5.19. The summed E-state index contributed by atoms with van der Waals surface area (Å²) >= 11 is 3.29. The standard InChI is InChI=1S/C15H17BrO4.CH5N/c1-2-20-15(19)10-8-13(17)7-9-14(18)11-3-5-12(16)6-4-11;1-2/h3-6H,2,7-10H2,1H3;2H2,1H3. The van der Waals surface area contributed by atoms with Crippen LogP contribution in [0.25, 0.3) is 0 Å². The van der Waals surface area contributed by atoms with Gasteiger partial charge >= 0.3 is 5.97 Å². The largest absolute Gasteiger partial charge is 0.466 e. The van der Waals surface area contributed by atoms with Crippen molar-refractivity contribution < 1.29 is 19.1 Å². The molecular weight excluding hydrogens is 350 g/mol. The van der Waals surface area contributed by atoms with E-state index < -0.39 is 0 Å². The normalized spacial score (nSPS) is 9.45. The fourth-order valence-corrected chi connectivity index (χ4v) is 1.90. The highest BCUT2D eigenvalue weighted by Gasteiger charge is 2.11. The molecule has 0 amide bonds. The topological polar surface area (TPSA) is 86.5 Å². The number of benzene rings is 1. The van der Waals surface area contributed by atoms with Gasteiger partial charge in [-0.3, -0.25) is 14.4 Å². The van der Waals surface area contributed by atoms with Crippen molar-refractivity contribution in [3.8, 4) is 0 Å². The van der Waals surface area contributed by atoms with Gasteiger partial charge in [0.2, 0.25) is 0 Å². The first-order valence-electron chi connectivity index (χ1n) is 7.06. The highest BCUT2D eigenvalue weighted by molar-refractivity contribution is 9.10. The molecule has 0 aliphatic heterocycles. The molecule has 0 atom stereocenters. The SMILES string of the molecule is CCOC(=O)CCC(=O)CCC(=O)c1ccc(Br)cc1.CN. The number of esters is 1. The quantitative estimate of drug-likeness (QED) is 0.560. The summed E-state index contributed by atoms with van der Waals surface area (Å²) in [4.78, 5) is 34.5. The number of nitrogens with two attached hydrogens (primary N) is 1. The van der Waals surface area contributed by atoms with Gasteiger partial charge < -0.3 is 10.5 Å². The molecular formula is C16H22BrNO4. The van der Waals surface area contributed by atoms with E-state index in [2.05, 4.69) is 21.7 Å². The summed E-state index contributed by atoms with van der Waals surface area (Å²) in [7, 11) is 1.50. The van der Waals surface area contributed by atoms with Crippen molar-refractivity contribution in [2.75, 3.05) is 13.7 Å². The predicted molar refractivity (Wildman–Crippen MR) is 88.7 cm³/mol. The number of ketones is 2. The van der Waals surface area contributed by atoms with Crippen molar-refractivity contribution in [3.05, 3.63) is 34.3 Å². The van der Waals surface area contributed by atoms with Gasteiger partial charge in [0.05, 0.1) is 13.0 Å². The molecule has 0 aliphatic carbocycles.